The van der Waals surface area contributed by atoms with Crippen LogP contribution >= 0.6 is 22.9 Å². The maximum absolute atomic E-state index is 13.8. The number of alkyl halides is 3. The van der Waals surface area contributed by atoms with Gasteiger partial charge in [0.25, 0.3) is 0 Å². The van der Waals surface area contributed by atoms with Gasteiger partial charge in [-0.15, -0.1) is 21.5 Å². The molecule has 2 atom stereocenters. The summed E-state index contributed by atoms with van der Waals surface area (Å²) in [6.45, 7) is 14.9. The van der Waals surface area contributed by atoms with Crippen molar-refractivity contribution in [1.29, 1.82) is 0 Å². The van der Waals surface area contributed by atoms with Crippen molar-refractivity contribution in [2.45, 2.75) is 97.9 Å². The molecule has 73 heavy (non-hydrogen) atoms. The maximum atomic E-state index is 13.8. The highest BCUT2D eigenvalue weighted by atomic mass is 35.5. The number of halogens is 4. The average Bonchev–Trinajstić information content (AvgIpc) is 3.98. The lowest BCUT2D eigenvalue weighted by Crippen LogP contribution is -2.33. The van der Waals surface area contributed by atoms with Gasteiger partial charge in [0.1, 0.15) is 28.4 Å². The Morgan fingerprint density at radius 1 is 0.890 bits per heavy atom. The molecule has 9 rings (SSSR count). The number of nitrogens with zero attached hydrogens (tertiary/aromatic N) is 7. The van der Waals surface area contributed by atoms with Crippen molar-refractivity contribution in [2.75, 3.05) is 13.1 Å². The Morgan fingerprint density at radius 3 is 2.16 bits per heavy atom. The summed E-state index contributed by atoms with van der Waals surface area (Å²) in [5.41, 5.74) is 8.65. The smallest absolute Gasteiger partial charge is 0.490 e. The van der Waals surface area contributed by atoms with Crippen LogP contribution in [0.3, 0.4) is 0 Å². The molecular weight excluding hydrogens is 983 g/mol. The molecule has 0 bridgehead atoms. The number of piperidine rings is 1. The van der Waals surface area contributed by atoms with E-state index in [0.29, 0.717) is 33.6 Å². The number of amides is 1. The van der Waals surface area contributed by atoms with Crippen molar-refractivity contribution in [3.63, 3.8) is 0 Å². The van der Waals surface area contributed by atoms with Gasteiger partial charge in [-0.3, -0.25) is 19.3 Å². The standard InChI is InChI=1S/C51H54ClN9O4S.C2HF3O2/c1-28(2)40-24-41(44(63)26-43(40)62)48-56-58-51(65)61(48)39-17-9-33(10-18-39)23-34-19-21-59(22-20-34)27-35-7-11-36(12-8-35)30(4)53-45(64)25-42-49-57-55-32(6)60(49)50-46(29(3)31(5)66-50)47(54-42)37-13-15-38(52)16-14-37;3-2(4,5)1(6)7/h7-18,24,26,28,30,34,42,62-63H,19-23,25,27H2,1-6H3,(H,53,64)(H,58,65);(H,6,7)/t30-,42+;/m0./s1. The van der Waals surface area contributed by atoms with Crippen molar-refractivity contribution in [1.82, 2.24) is 39.7 Å². The van der Waals surface area contributed by atoms with Crippen LogP contribution in [-0.4, -0.2) is 86.6 Å². The molecule has 0 unspecified atom stereocenters. The second-order valence-corrected chi connectivity index (χ2v) is 20.4. The summed E-state index contributed by atoms with van der Waals surface area (Å²) in [6, 6.07) is 26.4. The molecule has 2 aliphatic heterocycles. The fourth-order valence-electron chi connectivity index (χ4n) is 9.28. The third kappa shape index (κ3) is 11.6. The summed E-state index contributed by atoms with van der Waals surface area (Å²) in [4.78, 5) is 44.6. The van der Waals surface area contributed by atoms with Gasteiger partial charge in [0.15, 0.2) is 11.6 Å². The van der Waals surface area contributed by atoms with Crippen LogP contribution in [-0.2, 0) is 22.6 Å². The van der Waals surface area contributed by atoms with Gasteiger partial charge in [-0.1, -0.05) is 74.0 Å². The van der Waals surface area contributed by atoms with Crippen molar-refractivity contribution in [3.8, 4) is 33.6 Å². The van der Waals surface area contributed by atoms with Crippen molar-refractivity contribution in [2.24, 2.45) is 10.9 Å². The molecule has 0 radical (unpaired) electrons. The molecule has 2 aliphatic rings. The molecule has 1 saturated heterocycles. The molecule has 382 valence electrons. The van der Waals surface area contributed by atoms with Crippen LogP contribution < -0.4 is 11.0 Å². The largest absolute Gasteiger partial charge is 0.508 e. The number of aromatic hydroxyl groups is 2. The zero-order valence-corrected chi connectivity index (χ0v) is 42.5. The molecule has 1 amide bonds. The van der Waals surface area contributed by atoms with Crippen molar-refractivity contribution >= 4 is 40.5 Å². The van der Waals surface area contributed by atoms with E-state index in [9.17, 15) is 33.0 Å². The van der Waals surface area contributed by atoms with E-state index >= 15 is 0 Å². The van der Waals surface area contributed by atoms with Gasteiger partial charge in [0, 0.05) is 33.6 Å². The number of nitrogens with one attached hydrogen (secondary N) is 2. The van der Waals surface area contributed by atoms with E-state index in [1.165, 1.54) is 26.6 Å². The Kier molecular flexibility index (Phi) is 15.4. The maximum Gasteiger partial charge on any atom is 0.490 e. The van der Waals surface area contributed by atoms with Gasteiger partial charge in [-0.05, 0) is 130 Å². The number of thiophene rings is 1. The Labute approximate surface area is 428 Å². The lowest BCUT2D eigenvalue weighted by Gasteiger charge is -2.32. The number of aryl methyl sites for hydroxylation is 2. The van der Waals surface area contributed by atoms with E-state index in [1.54, 1.807) is 17.4 Å². The number of aromatic amines is 1. The topological polar surface area (TPSA) is 204 Å². The highest BCUT2D eigenvalue weighted by molar-refractivity contribution is 7.15. The molecule has 0 aliphatic carbocycles. The van der Waals surface area contributed by atoms with Crippen LogP contribution in [0.15, 0.2) is 94.7 Å². The fourth-order valence-corrected chi connectivity index (χ4v) is 10.6. The molecular formula is C53H55ClF3N9O6S. The number of carboxylic acids is 1. The van der Waals surface area contributed by atoms with Gasteiger partial charge < -0.3 is 20.6 Å². The Hall–Kier alpha value is -7.09. The minimum absolute atomic E-state index is 0.00356. The number of fused-ring (bicyclic) bond motifs is 3. The second kappa shape index (κ2) is 21.6. The van der Waals surface area contributed by atoms with Gasteiger partial charge in [0.2, 0.25) is 5.91 Å². The first-order valence-electron chi connectivity index (χ1n) is 23.8. The number of likely N-dealkylation sites (tertiary alicyclic amines) is 1. The number of benzene rings is 4. The number of hydrogen-bond acceptors (Lipinski definition) is 11. The van der Waals surface area contributed by atoms with Gasteiger partial charge in [-0.25, -0.2) is 19.3 Å². The molecule has 15 nitrogen and oxygen atoms in total. The number of aromatic nitrogens is 6. The minimum Gasteiger partial charge on any atom is -0.508 e. The number of phenols is 2. The summed E-state index contributed by atoms with van der Waals surface area (Å²) in [7, 11) is 0. The molecule has 4 aromatic carbocycles. The van der Waals surface area contributed by atoms with Crippen molar-refractivity contribution < 1.29 is 38.1 Å². The molecule has 0 spiro atoms. The third-order valence-electron chi connectivity index (χ3n) is 13.3. The van der Waals surface area contributed by atoms with E-state index < -0.39 is 23.9 Å². The predicted molar refractivity (Wildman–Crippen MR) is 273 cm³/mol. The van der Waals surface area contributed by atoms with Gasteiger partial charge >= 0.3 is 17.8 Å². The number of H-pyrrole nitrogens is 1. The highest BCUT2D eigenvalue weighted by Gasteiger charge is 2.38. The highest BCUT2D eigenvalue weighted by Crippen LogP contribution is 2.41. The van der Waals surface area contributed by atoms with Crippen LogP contribution in [0.2, 0.25) is 5.02 Å². The van der Waals surface area contributed by atoms with Gasteiger partial charge in [-0.2, -0.15) is 18.3 Å². The Morgan fingerprint density at radius 2 is 1.53 bits per heavy atom. The van der Waals surface area contributed by atoms with Crippen molar-refractivity contribution in [3.05, 3.63) is 156 Å². The molecule has 0 saturated carbocycles. The fraction of sp³-hybridized carbons (Fsp3) is 0.340. The van der Waals surface area contributed by atoms with Crippen LogP contribution in [0, 0.1) is 26.7 Å². The number of rotatable bonds is 12. The van der Waals surface area contributed by atoms with Crippen LogP contribution in [0.1, 0.15) is 114 Å². The Bertz CT molecular complexity index is 3230. The SMILES string of the molecule is Cc1sc2c(c1C)C(c1ccc(Cl)cc1)=N[C@H](CC(=O)N[C@@H](C)c1ccc(CN3CCC(Cc4ccc(-n5c(-c6cc(C(C)C)c(O)cc6O)n[nH]c5=O)cc4)CC3)cc1)c1nnc(C)n1-2.O=C(O)C(F)(F)F. The molecule has 20 heteroatoms. The number of carbonyl (C=O) groups is 2. The van der Waals surface area contributed by atoms with Gasteiger partial charge in [0.05, 0.1) is 29.4 Å². The average molecular weight is 1040 g/mol. The van der Waals surface area contributed by atoms with E-state index in [1.807, 2.05) is 64.1 Å². The Balaban J connectivity index is 0.000000948. The number of hydrogen-bond donors (Lipinski definition) is 5. The molecule has 1 fully saturated rings. The van der Waals surface area contributed by atoms with Crippen LogP contribution in [0.25, 0.3) is 22.1 Å². The summed E-state index contributed by atoms with van der Waals surface area (Å²) < 4.78 is 35.3. The molecule has 5 N–H and O–H groups in total. The number of aliphatic imine (C=N–C) groups is 1. The molecule has 7 aromatic rings. The zero-order valence-electron chi connectivity index (χ0n) is 41.0. The third-order valence-corrected chi connectivity index (χ3v) is 14.8. The first-order chi connectivity index (χ1) is 34.7. The summed E-state index contributed by atoms with van der Waals surface area (Å²) in [5, 5.41) is 48.8. The normalized spacial score (nSPS) is 15.4. The zero-order chi connectivity index (χ0) is 52.5. The quantitative estimate of drug-likeness (QED) is 0.0783. The van der Waals surface area contributed by atoms with E-state index in [-0.39, 0.29) is 41.6 Å². The van der Waals surface area contributed by atoms with E-state index in [4.69, 9.17) is 26.5 Å². The lowest BCUT2D eigenvalue weighted by molar-refractivity contribution is -0.192. The number of carboxylic acid groups (broad SMARTS) is 1. The lowest BCUT2D eigenvalue weighted by atomic mass is 9.90. The summed E-state index contributed by atoms with van der Waals surface area (Å²) >= 11 is 7.97. The minimum atomic E-state index is -5.08. The predicted octanol–water partition coefficient (Wildman–Crippen LogP) is 10.2. The summed E-state index contributed by atoms with van der Waals surface area (Å²) in [5.74, 6) is -0.779. The number of carbonyl (C=O) groups excluding carboxylic acids is 1. The van der Waals surface area contributed by atoms with Crippen LogP contribution in [0.4, 0.5) is 13.2 Å². The first kappa shape index (κ1) is 52.2. The number of aliphatic carboxylic acids is 1. The van der Waals surface area contributed by atoms with E-state index in [2.05, 4.69) is 85.4 Å². The molecule has 3 aromatic heterocycles. The van der Waals surface area contributed by atoms with Crippen LogP contribution in [0.5, 0.6) is 11.5 Å². The monoisotopic (exact) mass is 1040 g/mol. The number of phenolic OH excluding ortho intramolecular Hbond substituents is 2. The van der Waals surface area contributed by atoms with E-state index in [0.717, 1.165) is 77.7 Å². The first-order valence-corrected chi connectivity index (χ1v) is 25.0. The molecule has 5 heterocycles. The second-order valence-electron chi connectivity index (χ2n) is 18.8. The summed E-state index contributed by atoms with van der Waals surface area (Å²) in [6.07, 6.45) is -1.85.